The van der Waals surface area contributed by atoms with Crippen LogP contribution in [0.3, 0.4) is 0 Å². The molecule has 0 aliphatic rings. The second-order valence-corrected chi connectivity index (χ2v) is 14.8. The molecule has 1 heterocycles. The summed E-state index contributed by atoms with van der Waals surface area (Å²) in [6, 6.07) is 80.6. The summed E-state index contributed by atoms with van der Waals surface area (Å²) in [7, 11) is 0. The first-order valence-corrected chi connectivity index (χ1v) is 19.8. The van der Waals surface area contributed by atoms with Crippen LogP contribution in [0.2, 0.25) is 0 Å². The third-order valence-corrected chi connectivity index (χ3v) is 11.5. The number of rotatable bonds is 7. The molecule has 0 spiro atoms. The molecule has 0 aliphatic carbocycles. The maximum atomic E-state index is 6.72. The highest BCUT2D eigenvalue weighted by molar-refractivity contribution is 6.13. The summed E-state index contributed by atoms with van der Waals surface area (Å²) < 4.78 is 6.72. The van der Waals surface area contributed by atoms with E-state index in [1.54, 1.807) is 0 Å². The van der Waals surface area contributed by atoms with Crippen LogP contribution in [0.15, 0.2) is 229 Å². The Balaban J connectivity index is 1.11. The lowest BCUT2D eigenvalue weighted by Gasteiger charge is -2.28. The smallest absolute Gasteiger partial charge is 0.159 e. The molecule has 0 radical (unpaired) electrons. The molecule has 0 saturated carbocycles. The van der Waals surface area contributed by atoms with Gasteiger partial charge in [0.2, 0.25) is 0 Å². The first-order chi connectivity index (χ1) is 28.8. The Morgan fingerprint density at radius 1 is 0.293 bits per heavy atom. The largest absolute Gasteiger partial charge is 0.454 e. The van der Waals surface area contributed by atoms with Gasteiger partial charge >= 0.3 is 0 Å². The number of furan rings is 1. The number of para-hydroxylation sites is 2. The van der Waals surface area contributed by atoms with Gasteiger partial charge in [-0.3, -0.25) is 0 Å². The molecule has 0 unspecified atom stereocenters. The van der Waals surface area contributed by atoms with Gasteiger partial charge in [-0.1, -0.05) is 188 Å². The van der Waals surface area contributed by atoms with Gasteiger partial charge in [0.1, 0.15) is 5.58 Å². The number of fused-ring (bicyclic) bond motifs is 5. The Hall–Kier alpha value is -7.68. The zero-order valence-electron chi connectivity index (χ0n) is 31.7. The molecule has 2 heteroatoms. The highest BCUT2D eigenvalue weighted by Gasteiger charge is 2.22. The van der Waals surface area contributed by atoms with Crippen molar-refractivity contribution in [2.24, 2.45) is 0 Å². The minimum absolute atomic E-state index is 0.860. The van der Waals surface area contributed by atoms with Gasteiger partial charge in [-0.25, -0.2) is 0 Å². The molecular formula is C56H37NO. The second-order valence-electron chi connectivity index (χ2n) is 14.8. The fourth-order valence-electron chi connectivity index (χ4n) is 8.75. The van der Waals surface area contributed by atoms with E-state index in [0.717, 1.165) is 44.4 Å². The van der Waals surface area contributed by atoms with Gasteiger partial charge in [0.25, 0.3) is 0 Å². The molecule has 0 atom stereocenters. The van der Waals surface area contributed by atoms with E-state index >= 15 is 0 Å². The number of nitrogens with zero attached hydrogens (tertiary/aromatic N) is 1. The average molecular weight is 740 g/mol. The molecule has 1 aromatic heterocycles. The van der Waals surface area contributed by atoms with Crippen LogP contribution >= 0.6 is 0 Å². The highest BCUT2D eigenvalue weighted by atomic mass is 16.3. The maximum absolute atomic E-state index is 6.72. The van der Waals surface area contributed by atoms with Gasteiger partial charge in [0.05, 0.1) is 11.4 Å². The maximum Gasteiger partial charge on any atom is 0.159 e. The zero-order valence-corrected chi connectivity index (χ0v) is 31.7. The minimum atomic E-state index is 0.860. The molecule has 0 fully saturated rings. The molecule has 58 heavy (non-hydrogen) atoms. The van der Waals surface area contributed by atoms with Gasteiger partial charge in [0, 0.05) is 21.8 Å². The minimum Gasteiger partial charge on any atom is -0.454 e. The Morgan fingerprint density at radius 3 is 1.64 bits per heavy atom. The fraction of sp³-hybridized carbons (Fsp3) is 0. The summed E-state index contributed by atoms with van der Waals surface area (Å²) in [5, 5.41) is 7.02. The Labute approximate surface area is 337 Å². The van der Waals surface area contributed by atoms with Crippen LogP contribution in [-0.4, -0.2) is 0 Å². The summed E-state index contributed by atoms with van der Waals surface area (Å²) in [5.41, 5.74) is 14.4. The lowest BCUT2D eigenvalue weighted by molar-refractivity contribution is 0.669. The van der Waals surface area contributed by atoms with Crippen molar-refractivity contribution in [2.75, 3.05) is 4.90 Å². The van der Waals surface area contributed by atoms with Crippen molar-refractivity contribution in [1.82, 2.24) is 0 Å². The van der Waals surface area contributed by atoms with Crippen molar-refractivity contribution in [3.63, 3.8) is 0 Å². The summed E-state index contributed by atoms with van der Waals surface area (Å²) in [6.45, 7) is 0. The number of anilines is 3. The first kappa shape index (κ1) is 33.6. The molecule has 0 N–H and O–H groups in total. The number of benzene rings is 10. The van der Waals surface area contributed by atoms with Crippen LogP contribution in [0.4, 0.5) is 17.1 Å². The second kappa shape index (κ2) is 14.1. The zero-order chi connectivity index (χ0) is 38.4. The molecular weight excluding hydrogens is 703 g/mol. The molecule has 10 aromatic carbocycles. The predicted octanol–water partition coefficient (Wildman–Crippen LogP) is 16.0. The molecule has 272 valence electrons. The van der Waals surface area contributed by atoms with Crippen molar-refractivity contribution in [2.45, 2.75) is 0 Å². The summed E-state index contributed by atoms with van der Waals surface area (Å²) >= 11 is 0. The van der Waals surface area contributed by atoms with Gasteiger partial charge in [-0.05, 0) is 97.1 Å². The van der Waals surface area contributed by atoms with Gasteiger partial charge in [-0.15, -0.1) is 0 Å². The van der Waals surface area contributed by atoms with Crippen molar-refractivity contribution in [3.8, 4) is 44.5 Å². The summed E-state index contributed by atoms with van der Waals surface area (Å²) in [6.07, 6.45) is 0. The van der Waals surface area contributed by atoms with Crippen molar-refractivity contribution in [1.29, 1.82) is 0 Å². The Bertz CT molecular complexity index is 3270. The van der Waals surface area contributed by atoms with Crippen LogP contribution in [0.5, 0.6) is 0 Å². The molecule has 2 nitrogen and oxygen atoms in total. The number of hydrogen-bond acceptors (Lipinski definition) is 2. The van der Waals surface area contributed by atoms with E-state index < -0.39 is 0 Å². The quantitative estimate of drug-likeness (QED) is 0.162. The Kier molecular flexibility index (Phi) is 8.19. The van der Waals surface area contributed by atoms with Crippen LogP contribution in [-0.2, 0) is 0 Å². The SMILES string of the molecule is c1ccc(-c2ccc(-c3ccc(N(c4ccc(-c5cccc6ccccc56)cc4)c4cccc5c4oc4ccccc45)c4ccccc34)cc2-c2ccccc2)cc1. The van der Waals surface area contributed by atoms with Gasteiger partial charge in [0.15, 0.2) is 5.58 Å². The molecule has 0 bridgehead atoms. The summed E-state index contributed by atoms with van der Waals surface area (Å²) in [5.74, 6) is 0. The van der Waals surface area contributed by atoms with Crippen LogP contribution in [0.25, 0.3) is 88.0 Å². The molecule has 11 rings (SSSR count). The first-order valence-electron chi connectivity index (χ1n) is 19.8. The van der Waals surface area contributed by atoms with Crippen LogP contribution < -0.4 is 4.90 Å². The van der Waals surface area contributed by atoms with E-state index in [1.807, 2.05) is 6.07 Å². The van der Waals surface area contributed by atoms with Gasteiger partial charge in [-0.2, -0.15) is 0 Å². The van der Waals surface area contributed by atoms with Gasteiger partial charge < -0.3 is 9.32 Å². The lowest BCUT2D eigenvalue weighted by atomic mass is 9.89. The molecule has 0 saturated heterocycles. The van der Waals surface area contributed by atoms with E-state index in [9.17, 15) is 0 Å². The molecule has 11 aromatic rings. The number of hydrogen-bond donors (Lipinski definition) is 0. The average Bonchev–Trinajstić information content (AvgIpc) is 3.69. The van der Waals surface area contributed by atoms with E-state index in [0.29, 0.717) is 0 Å². The highest BCUT2D eigenvalue weighted by Crippen LogP contribution is 2.47. The fourth-order valence-corrected chi connectivity index (χ4v) is 8.75. The van der Waals surface area contributed by atoms with E-state index in [-0.39, 0.29) is 0 Å². The van der Waals surface area contributed by atoms with E-state index in [2.05, 4.69) is 223 Å². The van der Waals surface area contributed by atoms with Crippen molar-refractivity contribution >= 4 is 60.5 Å². The van der Waals surface area contributed by atoms with E-state index in [4.69, 9.17) is 4.42 Å². The monoisotopic (exact) mass is 739 g/mol. The summed E-state index contributed by atoms with van der Waals surface area (Å²) in [4.78, 5) is 2.37. The third kappa shape index (κ3) is 5.74. The normalized spacial score (nSPS) is 11.4. The lowest BCUT2D eigenvalue weighted by Crippen LogP contribution is -2.11. The molecule has 0 aliphatic heterocycles. The third-order valence-electron chi connectivity index (χ3n) is 11.5. The Morgan fingerprint density at radius 2 is 0.845 bits per heavy atom. The topological polar surface area (TPSA) is 16.4 Å². The van der Waals surface area contributed by atoms with Crippen molar-refractivity contribution < 1.29 is 4.42 Å². The molecule has 0 amide bonds. The van der Waals surface area contributed by atoms with Crippen molar-refractivity contribution in [3.05, 3.63) is 224 Å². The van der Waals surface area contributed by atoms with Crippen LogP contribution in [0, 0.1) is 0 Å². The van der Waals surface area contributed by atoms with Crippen LogP contribution in [0.1, 0.15) is 0 Å². The van der Waals surface area contributed by atoms with E-state index in [1.165, 1.54) is 60.7 Å². The predicted molar refractivity (Wildman–Crippen MR) is 245 cm³/mol. The standard InChI is InChI=1S/C56H37NO/c1-3-15-38(16-4-1)46-34-31-42(37-52(46)40-17-5-2-6-18-40)47-35-36-53(49-23-10-9-22-48(47)49)57(54-27-14-26-51-50-24-11-12-28-55(50)58-56(51)54)43-32-29-41(30-33-43)45-25-13-20-39-19-7-8-21-44(39)45/h1-37H.